The van der Waals surface area contributed by atoms with Gasteiger partial charge in [-0.15, -0.1) is 0 Å². The molecule has 3 heteroatoms. The summed E-state index contributed by atoms with van der Waals surface area (Å²) in [7, 11) is 3.78. The van der Waals surface area contributed by atoms with Crippen molar-refractivity contribution in [3.8, 4) is 0 Å². The molecule has 0 aliphatic carbocycles. The van der Waals surface area contributed by atoms with Gasteiger partial charge in [0.2, 0.25) is 0 Å². The van der Waals surface area contributed by atoms with Crippen LogP contribution in [-0.4, -0.2) is 24.8 Å². The molecule has 0 bridgehead atoms. The predicted molar refractivity (Wildman–Crippen MR) is 72.3 cm³/mol. The third-order valence-corrected chi connectivity index (χ3v) is 2.96. The molecule has 0 saturated carbocycles. The summed E-state index contributed by atoms with van der Waals surface area (Å²) >= 11 is 5.84. The van der Waals surface area contributed by atoms with Gasteiger partial charge in [0.25, 0.3) is 0 Å². The Morgan fingerprint density at radius 3 is 2.24 bits per heavy atom. The summed E-state index contributed by atoms with van der Waals surface area (Å²) in [5, 5.41) is 0.681. The third kappa shape index (κ3) is 3.60. The number of nitrogens with zero attached hydrogens (tertiary/aromatic N) is 1. The van der Waals surface area contributed by atoms with Crippen LogP contribution in [0.5, 0.6) is 0 Å². The zero-order valence-electron chi connectivity index (χ0n) is 10.7. The lowest BCUT2D eigenvalue weighted by Crippen LogP contribution is -2.27. The second-order valence-corrected chi connectivity index (χ2v) is 5.21. The fourth-order valence-corrected chi connectivity index (χ4v) is 1.56. The standard InChI is InChI=1S/C14H18ClNO/c1-14(2,13(17)9-10-16(3)4)11-5-7-12(15)8-6-11/h5-10H,1-4H3/b10-9-. The molecular weight excluding hydrogens is 234 g/mol. The van der Waals surface area contributed by atoms with Crippen LogP contribution in [0.3, 0.4) is 0 Å². The molecular formula is C14H18ClNO. The summed E-state index contributed by atoms with van der Waals surface area (Å²) < 4.78 is 0. The highest BCUT2D eigenvalue weighted by molar-refractivity contribution is 6.30. The number of benzene rings is 1. The average molecular weight is 252 g/mol. The molecule has 1 rings (SSSR count). The number of hydrogen-bond acceptors (Lipinski definition) is 2. The topological polar surface area (TPSA) is 20.3 Å². The average Bonchev–Trinajstić information content (AvgIpc) is 2.26. The maximum atomic E-state index is 12.1. The molecule has 1 aromatic rings. The first kappa shape index (κ1) is 13.8. The summed E-state index contributed by atoms with van der Waals surface area (Å²) in [6.07, 6.45) is 3.37. The largest absolute Gasteiger partial charge is 0.383 e. The zero-order chi connectivity index (χ0) is 13.1. The molecule has 17 heavy (non-hydrogen) atoms. The van der Waals surface area contributed by atoms with Crippen molar-refractivity contribution in [1.29, 1.82) is 0 Å². The highest BCUT2D eigenvalue weighted by Crippen LogP contribution is 2.26. The van der Waals surface area contributed by atoms with Gasteiger partial charge in [-0.3, -0.25) is 4.79 Å². The van der Waals surface area contributed by atoms with Crippen molar-refractivity contribution in [3.63, 3.8) is 0 Å². The van der Waals surface area contributed by atoms with Crippen LogP contribution in [0.25, 0.3) is 0 Å². The van der Waals surface area contributed by atoms with Crippen molar-refractivity contribution >= 4 is 17.4 Å². The predicted octanol–water partition coefficient (Wildman–Crippen LogP) is 3.26. The lowest BCUT2D eigenvalue weighted by Gasteiger charge is -2.22. The van der Waals surface area contributed by atoms with Crippen LogP contribution in [0, 0.1) is 0 Å². The van der Waals surface area contributed by atoms with Crippen molar-refractivity contribution in [1.82, 2.24) is 4.90 Å². The first-order valence-corrected chi connectivity index (χ1v) is 5.87. The minimum atomic E-state index is -0.531. The van der Waals surface area contributed by atoms with E-state index in [1.165, 1.54) is 0 Å². The number of halogens is 1. The van der Waals surface area contributed by atoms with Crippen LogP contribution in [0.4, 0.5) is 0 Å². The van der Waals surface area contributed by atoms with E-state index in [-0.39, 0.29) is 5.78 Å². The van der Waals surface area contributed by atoms with Gasteiger partial charge >= 0.3 is 0 Å². The summed E-state index contributed by atoms with van der Waals surface area (Å²) in [6, 6.07) is 7.40. The van der Waals surface area contributed by atoms with Gasteiger partial charge < -0.3 is 4.90 Å². The Balaban J connectivity index is 2.94. The Labute approximate surface area is 108 Å². The van der Waals surface area contributed by atoms with Gasteiger partial charge in [-0.2, -0.15) is 0 Å². The van der Waals surface area contributed by atoms with Crippen molar-refractivity contribution in [3.05, 3.63) is 47.1 Å². The van der Waals surface area contributed by atoms with E-state index in [4.69, 9.17) is 11.6 Å². The zero-order valence-corrected chi connectivity index (χ0v) is 11.5. The summed E-state index contributed by atoms with van der Waals surface area (Å²) in [5.74, 6) is 0.0773. The van der Waals surface area contributed by atoms with E-state index >= 15 is 0 Å². The maximum Gasteiger partial charge on any atom is 0.167 e. The molecule has 0 fully saturated rings. The van der Waals surface area contributed by atoms with E-state index in [9.17, 15) is 4.79 Å². The van der Waals surface area contributed by atoms with Crippen molar-refractivity contribution in [2.24, 2.45) is 0 Å². The van der Waals surface area contributed by atoms with Crippen molar-refractivity contribution in [2.45, 2.75) is 19.3 Å². The first-order chi connectivity index (χ1) is 7.84. The molecule has 1 aromatic carbocycles. The molecule has 0 amide bonds. The molecule has 0 spiro atoms. The van der Waals surface area contributed by atoms with Gasteiger partial charge in [-0.25, -0.2) is 0 Å². The molecule has 0 atom stereocenters. The van der Waals surface area contributed by atoms with Gasteiger partial charge in [-0.05, 0) is 37.6 Å². The Hall–Kier alpha value is -1.28. The van der Waals surface area contributed by atoms with Crippen LogP contribution in [0.1, 0.15) is 19.4 Å². The monoisotopic (exact) mass is 251 g/mol. The lowest BCUT2D eigenvalue weighted by molar-refractivity contribution is -0.118. The third-order valence-electron chi connectivity index (χ3n) is 2.71. The summed E-state index contributed by atoms with van der Waals surface area (Å²) in [4.78, 5) is 14.0. The minimum absolute atomic E-state index is 0.0773. The van der Waals surface area contributed by atoms with Gasteiger partial charge in [0.15, 0.2) is 5.78 Å². The van der Waals surface area contributed by atoms with E-state index in [1.54, 1.807) is 12.3 Å². The van der Waals surface area contributed by atoms with Crippen LogP contribution < -0.4 is 0 Å². The number of hydrogen-bond donors (Lipinski definition) is 0. The van der Waals surface area contributed by atoms with Gasteiger partial charge in [0.1, 0.15) is 0 Å². The molecule has 2 nitrogen and oxygen atoms in total. The van der Waals surface area contributed by atoms with Crippen LogP contribution in [0.2, 0.25) is 5.02 Å². The molecule has 0 radical (unpaired) electrons. The van der Waals surface area contributed by atoms with Crippen LogP contribution in [-0.2, 0) is 10.2 Å². The summed E-state index contributed by atoms with van der Waals surface area (Å²) in [5.41, 5.74) is 0.437. The maximum absolute atomic E-state index is 12.1. The molecule has 0 aromatic heterocycles. The number of carbonyl (C=O) groups excluding carboxylic acids is 1. The number of allylic oxidation sites excluding steroid dienone is 1. The second-order valence-electron chi connectivity index (χ2n) is 4.78. The first-order valence-electron chi connectivity index (χ1n) is 5.49. The van der Waals surface area contributed by atoms with E-state index in [0.717, 1.165) is 5.56 Å². The van der Waals surface area contributed by atoms with Gasteiger partial charge in [0, 0.05) is 25.3 Å². The number of carbonyl (C=O) groups is 1. The molecule has 0 saturated heterocycles. The quantitative estimate of drug-likeness (QED) is 0.766. The highest BCUT2D eigenvalue weighted by atomic mass is 35.5. The molecule has 0 N–H and O–H groups in total. The fraction of sp³-hybridized carbons (Fsp3) is 0.357. The number of rotatable bonds is 4. The lowest BCUT2D eigenvalue weighted by atomic mass is 9.80. The van der Waals surface area contributed by atoms with Gasteiger partial charge in [0.05, 0.1) is 5.41 Å². The van der Waals surface area contributed by atoms with Gasteiger partial charge in [-0.1, -0.05) is 23.7 Å². The van der Waals surface area contributed by atoms with E-state index in [2.05, 4.69) is 0 Å². The molecule has 0 heterocycles. The molecule has 0 unspecified atom stereocenters. The Morgan fingerprint density at radius 2 is 1.76 bits per heavy atom. The van der Waals surface area contributed by atoms with E-state index in [1.807, 2.05) is 57.1 Å². The van der Waals surface area contributed by atoms with Crippen molar-refractivity contribution in [2.75, 3.05) is 14.1 Å². The highest BCUT2D eigenvalue weighted by Gasteiger charge is 2.27. The second kappa shape index (κ2) is 5.37. The van der Waals surface area contributed by atoms with E-state index < -0.39 is 5.41 Å². The SMILES string of the molecule is CN(C)/C=C\C(=O)C(C)(C)c1ccc(Cl)cc1. The van der Waals surface area contributed by atoms with Crippen LogP contribution in [0.15, 0.2) is 36.5 Å². The normalized spacial score (nSPS) is 11.8. The van der Waals surface area contributed by atoms with Crippen LogP contribution >= 0.6 is 11.6 Å². The molecule has 0 aliphatic heterocycles. The Bertz CT molecular complexity index is 418. The molecule has 0 aliphatic rings. The number of ketones is 1. The summed E-state index contributed by atoms with van der Waals surface area (Å²) in [6.45, 7) is 3.83. The Kier molecular flexibility index (Phi) is 4.35. The minimum Gasteiger partial charge on any atom is -0.383 e. The molecule has 92 valence electrons. The Morgan fingerprint density at radius 1 is 1.24 bits per heavy atom. The van der Waals surface area contributed by atoms with E-state index in [0.29, 0.717) is 5.02 Å². The smallest absolute Gasteiger partial charge is 0.167 e. The van der Waals surface area contributed by atoms with Crippen molar-refractivity contribution < 1.29 is 4.79 Å². The fourth-order valence-electron chi connectivity index (χ4n) is 1.43.